The molecule has 1 saturated heterocycles. The molecule has 0 radical (unpaired) electrons. The van der Waals surface area contributed by atoms with Gasteiger partial charge in [-0.2, -0.15) is 0 Å². The summed E-state index contributed by atoms with van der Waals surface area (Å²) in [4.78, 5) is 0. The minimum absolute atomic E-state index is 0.176. The first-order chi connectivity index (χ1) is 9.84. The average Bonchev–Trinajstić information content (AvgIpc) is 2.88. The van der Waals surface area contributed by atoms with Crippen molar-refractivity contribution in [1.82, 2.24) is 0 Å². The first-order valence-electron chi connectivity index (χ1n) is 9.12. The van der Waals surface area contributed by atoms with Crippen molar-refractivity contribution in [2.45, 2.75) is 84.8 Å². The molecule has 21 heavy (non-hydrogen) atoms. The predicted octanol–water partition coefficient (Wildman–Crippen LogP) is 5.16. The SMILES string of the molecule is CC(C)(C)C1(C)CCC(C2CCC3(CC2)OCCO3)CC1. The molecule has 0 N–H and O–H groups in total. The maximum absolute atomic E-state index is 5.87. The molecule has 0 aromatic heterocycles. The summed E-state index contributed by atoms with van der Waals surface area (Å²) in [6.45, 7) is 11.4. The molecular weight excluding hydrogens is 260 g/mol. The minimum atomic E-state index is -0.176. The molecule has 0 atom stereocenters. The first kappa shape index (κ1) is 15.8. The van der Waals surface area contributed by atoms with Crippen LogP contribution in [-0.4, -0.2) is 19.0 Å². The normalized spacial score (nSPS) is 38.0. The third-order valence-electron chi connectivity index (χ3n) is 7.22. The van der Waals surface area contributed by atoms with Crippen molar-refractivity contribution in [1.29, 1.82) is 0 Å². The second-order valence-electron chi connectivity index (χ2n) is 9.09. The lowest BCUT2D eigenvalue weighted by Gasteiger charge is -2.49. The number of hydrogen-bond acceptors (Lipinski definition) is 2. The van der Waals surface area contributed by atoms with Crippen molar-refractivity contribution in [3.8, 4) is 0 Å². The number of rotatable bonds is 1. The van der Waals surface area contributed by atoms with Crippen molar-refractivity contribution < 1.29 is 9.47 Å². The van der Waals surface area contributed by atoms with Gasteiger partial charge in [0.05, 0.1) is 13.2 Å². The van der Waals surface area contributed by atoms with Crippen molar-refractivity contribution >= 4 is 0 Å². The molecule has 0 aromatic carbocycles. The molecule has 3 fully saturated rings. The third-order valence-corrected chi connectivity index (χ3v) is 7.22. The number of ether oxygens (including phenoxy) is 2. The summed E-state index contributed by atoms with van der Waals surface area (Å²) in [7, 11) is 0. The van der Waals surface area contributed by atoms with Crippen LogP contribution in [0.1, 0.15) is 79.1 Å². The molecular formula is C19H34O2. The minimum Gasteiger partial charge on any atom is -0.348 e. The molecule has 2 aliphatic carbocycles. The predicted molar refractivity (Wildman–Crippen MR) is 86.1 cm³/mol. The van der Waals surface area contributed by atoms with Gasteiger partial charge in [0.15, 0.2) is 5.79 Å². The molecule has 122 valence electrons. The highest BCUT2D eigenvalue weighted by Gasteiger charge is 2.45. The fourth-order valence-electron chi connectivity index (χ4n) is 4.84. The van der Waals surface area contributed by atoms with Crippen LogP contribution in [-0.2, 0) is 9.47 Å². The number of hydrogen-bond donors (Lipinski definition) is 0. The zero-order valence-electron chi connectivity index (χ0n) is 14.5. The molecule has 2 nitrogen and oxygen atoms in total. The highest BCUT2D eigenvalue weighted by molar-refractivity contribution is 4.93. The topological polar surface area (TPSA) is 18.5 Å². The van der Waals surface area contributed by atoms with Gasteiger partial charge in [-0.25, -0.2) is 0 Å². The average molecular weight is 294 g/mol. The molecule has 0 amide bonds. The van der Waals surface area contributed by atoms with Gasteiger partial charge < -0.3 is 9.47 Å². The lowest BCUT2D eigenvalue weighted by Crippen LogP contribution is -2.40. The monoisotopic (exact) mass is 294 g/mol. The van der Waals surface area contributed by atoms with E-state index < -0.39 is 0 Å². The second-order valence-corrected chi connectivity index (χ2v) is 9.09. The zero-order chi connectivity index (χ0) is 15.1. The van der Waals surface area contributed by atoms with Crippen LogP contribution in [0.4, 0.5) is 0 Å². The van der Waals surface area contributed by atoms with Gasteiger partial charge in [-0.05, 0) is 61.2 Å². The Labute approximate surface area is 131 Å². The van der Waals surface area contributed by atoms with Crippen molar-refractivity contribution in [3.05, 3.63) is 0 Å². The Hall–Kier alpha value is -0.0800. The summed E-state index contributed by atoms with van der Waals surface area (Å²) in [5, 5.41) is 0. The van der Waals surface area contributed by atoms with E-state index >= 15 is 0 Å². The summed E-state index contributed by atoms with van der Waals surface area (Å²) in [6.07, 6.45) is 10.6. The Morgan fingerprint density at radius 1 is 0.762 bits per heavy atom. The van der Waals surface area contributed by atoms with Crippen LogP contribution in [0.15, 0.2) is 0 Å². The van der Waals surface area contributed by atoms with Gasteiger partial charge in [0, 0.05) is 12.8 Å². The molecule has 1 heterocycles. The summed E-state index contributed by atoms with van der Waals surface area (Å²) in [5.41, 5.74) is 0.983. The Kier molecular flexibility index (Phi) is 4.16. The van der Waals surface area contributed by atoms with Gasteiger partial charge in [0.25, 0.3) is 0 Å². The van der Waals surface area contributed by atoms with Crippen LogP contribution in [0.25, 0.3) is 0 Å². The highest BCUT2D eigenvalue weighted by Crippen LogP contribution is 2.53. The van der Waals surface area contributed by atoms with Crippen LogP contribution in [0.2, 0.25) is 0 Å². The van der Waals surface area contributed by atoms with Crippen molar-refractivity contribution in [3.63, 3.8) is 0 Å². The molecule has 2 saturated carbocycles. The largest absolute Gasteiger partial charge is 0.348 e. The van der Waals surface area contributed by atoms with Gasteiger partial charge in [0.1, 0.15) is 0 Å². The van der Waals surface area contributed by atoms with Gasteiger partial charge in [0.2, 0.25) is 0 Å². The van der Waals surface area contributed by atoms with Gasteiger partial charge >= 0.3 is 0 Å². The van der Waals surface area contributed by atoms with Crippen LogP contribution >= 0.6 is 0 Å². The standard InChI is InChI=1S/C19H34O2/c1-17(2,3)18(4)9-5-15(6-10-18)16-7-11-19(12-8-16)20-13-14-21-19/h15-16H,5-14H2,1-4H3. The fraction of sp³-hybridized carbons (Fsp3) is 1.00. The van der Waals surface area contributed by atoms with E-state index in [1.807, 2.05) is 0 Å². The second kappa shape index (κ2) is 5.53. The van der Waals surface area contributed by atoms with E-state index in [0.29, 0.717) is 10.8 Å². The van der Waals surface area contributed by atoms with E-state index in [2.05, 4.69) is 27.7 Å². The lowest BCUT2D eigenvalue weighted by atomic mass is 9.57. The Morgan fingerprint density at radius 3 is 1.62 bits per heavy atom. The molecule has 1 spiro atoms. The van der Waals surface area contributed by atoms with E-state index in [1.54, 1.807) is 0 Å². The van der Waals surface area contributed by atoms with Crippen molar-refractivity contribution in [2.24, 2.45) is 22.7 Å². The van der Waals surface area contributed by atoms with E-state index in [9.17, 15) is 0 Å². The maximum Gasteiger partial charge on any atom is 0.168 e. The van der Waals surface area contributed by atoms with Crippen LogP contribution in [0.5, 0.6) is 0 Å². The Bertz CT molecular complexity index is 344. The molecule has 0 aromatic rings. The summed E-state index contributed by atoms with van der Waals surface area (Å²) < 4.78 is 11.7. The van der Waals surface area contributed by atoms with Gasteiger partial charge in [-0.15, -0.1) is 0 Å². The van der Waals surface area contributed by atoms with Crippen LogP contribution in [0, 0.1) is 22.7 Å². The summed E-state index contributed by atoms with van der Waals surface area (Å²) in [5.74, 6) is 1.71. The molecule has 0 unspecified atom stereocenters. The summed E-state index contributed by atoms with van der Waals surface area (Å²) >= 11 is 0. The first-order valence-corrected chi connectivity index (χ1v) is 9.12. The summed E-state index contributed by atoms with van der Waals surface area (Å²) in [6, 6.07) is 0. The van der Waals surface area contributed by atoms with E-state index in [-0.39, 0.29) is 5.79 Å². The molecule has 3 rings (SSSR count). The van der Waals surface area contributed by atoms with E-state index in [1.165, 1.54) is 38.5 Å². The molecule has 0 bridgehead atoms. The van der Waals surface area contributed by atoms with Gasteiger partial charge in [-0.3, -0.25) is 0 Å². The van der Waals surface area contributed by atoms with E-state index in [4.69, 9.17) is 9.47 Å². The van der Waals surface area contributed by atoms with Crippen molar-refractivity contribution in [2.75, 3.05) is 13.2 Å². The third kappa shape index (κ3) is 3.03. The lowest BCUT2D eigenvalue weighted by molar-refractivity contribution is -0.185. The smallest absolute Gasteiger partial charge is 0.168 e. The van der Waals surface area contributed by atoms with Crippen LogP contribution < -0.4 is 0 Å². The van der Waals surface area contributed by atoms with Crippen LogP contribution in [0.3, 0.4) is 0 Å². The zero-order valence-corrected chi connectivity index (χ0v) is 14.5. The fourth-order valence-corrected chi connectivity index (χ4v) is 4.84. The molecule has 2 heteroatoms. The molecule has 1 aliphatic heterocycles. The quantitative estimate of drug-likeness (QED) is 0.665. The van der Waals surface area contributed by atoms with Gasteiger partial charge in [-0.1, -0.05) is 27.7 Å². The Balaban J connectivity index is 1.52. The maximum atomic E-state index is 5.87. The Morgan fingerprint density at radius 2 is 1.19 bits per heavy atom. The highest BCUT2D eigenvalue weighted by atomic mass is 16.7. The molecule has 3 aliphatic rings. The van der Waals surface area contributed by atoms with E-state index in [0.717, 1.165) is 37.9 Å².